The number of aryl methyl sites for hydroxylation is 1. The number of fused-ring (bicyclic) bond motifs is 1. The molecule has 4 rings (SSSR count). The minimum atomic E-state index is 0.680. The lowest BCUT2D eigenvalue weighted by molar-refractivity contribution is 0.720. The minimum absolute atomic E-state index is 0.680. The Morgan fingerprint density at radius 3 is 2.88 bits per heavy atom. The number of rotatable bonds is 3. The maximum atomic E-state index is 4.81. The number of anilines is 1. The zero-order valence-electron chi connectivity index (χ0n) is 13.6. The van der Waals surface area contributed by atoms with Crippen molar-refractivity contribution in [2.75, 3.05) is 11.4 Å². The molecule has 120 valence electrons. The second-order valence-corrected chi connectivity index (χ2v) is 6.83. The van der Waals surface area contributed by atoms with Crippen LogP contribution in [0.3, 0.4) is 0 Å². The van der Waals surface area contributed by atoms with Gasteiger partial charge in [0.05, 0.1) is 5.69 Å². The van der Waals surface area contributed by atoms with Crippen LogP contribution < -0.4 is 4.90 Å². The number of thiazole rings is 1. The van der Waals surface area contributed by atoms with Crippen LogP contribution in [0.4, 0.5) is 10.9 Å². The number of aliphatic imine (C=N–C) groups is 1. The first-order valence-corrected chi connectivity index (χ1v) is 8.84. The molecule has 1 aromatic carbocycles. The Bertz CT molecular complexity index is 900. The second-order valence-electron chi connectivity index (χ2n) is 6.00. The van der Waals surface area contributed by atoms with Crippen LogP contribution in [0.25, 0.3) is 11.4 Å². The van der Waals surface area contributed by atoms with Crippen molar-refractivity contribution < 1.29 is 0 Å². The van der Waals surface area contributed by atoms with Gasteiger partial charge in [0.25, 0.3) is 0 Å². The molecule has 24 heavy (non-hydrogen) atoms. The molecular weight excluding hydrogens is 316 g/mol. The minimum Gasteiger partial charge on any atom is -0.352 e. The molecule has 0 unspecified atom stereocenters. The molecule has 1 aliphatic rings. The maximum Gasteiger partial charge on any atom is 0.209 e. The van der Waals surface area contributed by atoms with E-state index in [2.05, 4.69) is 52.8 Å². The summed E-state index contributed by atoms with van der Waals surface area (Å²) in [5.74, 6) is 1.000. The van der Waals surface area contributed by atoms with E-state index in [9.17, 15) is 0 Å². The number of hydrogen-bond acceptors (Lipinski definition) is 5. The summed E-state index contributed by atoms with van der Waals surface area (Å²) in [6.07, 6.45) is 1.06. The third-order valence-corrected chi connectivity index (χ3v) is 5.09. The van der Waals surface area contributed by atoms with E-state index in [1.54, 1.807) is 0 Å². The van der Waals surface area contributed by atoms with Gasteiger partial charge in [-0.15, -0.1) is 11.3 Å². The molecule has 0 amide bonds. The summed E-state index contributed by atoms with van der Waals surface area (Å²) in [5.41, 5.74) is 5.93. The van der Waals surface area contributed by atoms with Crippen LogP contribution in [0, 0.1) is 6.92 Å². The Labute approximate surface area is 145 Å². The van der Waals surface area contributed by atoms with Crippen LogP contribution in [0.15, 0.2) is 46.8 Å². The van der Waals surface area contributed by atoms with E-state index in [0.29, 0.717) is 5.13 Å². The monoisotopic (exact) mass is 334 g/mol. The number of aromatic nitrogens is 2. The molecule has 0 saturated heterocycles. The van der Waals surface area contributed by atoms with Gasteiger partial charge in [-0.25, -0.2) is 15.0 Å². The van der Waals surface area contributed by atoms with Crippen LogP contribution >= 0.6 is 11.3 Å². The van der Waals surface area contributed by atoms with E-state index < -0.39 is 0 Å². The Morgan fingerprint density at radius 1 is 1.12 bits per heavy atom. The van der Waals surface area contributed by atoms with E-state index >= 15 is 0 Å². The first-order valence-electron chi connectivity index (χ1n) is 7.96. The molecule has 0 spiro atoms. The van der Waals surface area contributed by atoms with Gasteiger partial charge in [0.2, 0.25) is 5.13 Å². The van der Waals surface area contributed by atoms with Gasteiger partial charge < -0.3 is 4.90 Å². The fourth-order valence-corrected chi connectivity index (χ4v) is 3.69. The van der Waals surface area contributed by atoms with Crippen molar-refractivity contribution in [3.8, 4) is 11.4 Å². The molecule has 2 aromatic heterocycles. The fourth-order valence-electron chi connectivity index (χ4n) is 3.07. The highest BCUT2D eigenvalue weighted by atomic mass is 32.1. The summed E-state index contributed by atoms with van der Waals surface area (Å²) in [6, 6.07) is 12.8. The Morgan fingerprint density at radius 2 is 2.04 bits per heavy atom. The number of hydrogen-bond donors (Lipinski definition) is 0. The van der Waals surface area contributed by atoms with Crippen molar-refractivity contribution >= 4 is 29.0 Å². The molecule has 0 atom stereocenters. The van der Waals surface area contributed by atoms with Crippen molar-refractivity contribution in [3.63, 3.8) is 0 Å². The van der Waals surface area contributed by atoms with Crippen LogP contribution in [0.1, 0.15) is 16.7 Å². The van der Waals surface area contributed by atoms with E-state index in [-0.39, 0.29) is 0 Å². The third kappa shape index (κ3) is 2.83. The molecule has 5 heteroatoms. The molecule has 4 nitrogen and oxygen atoms in total. The first-order chi connectivity index (χ1) is 11.7. The Hall–Kier alpha value is -2.53. The molecule has 3 heterocycles. The zero-order chi connectivity index (χ0) is 16.5. The summed E-state index contributed by atoms with van der Waals surface area (Å²) >= 11 is 1.48. The average molecular weight is 334 g/mol. The average Bonchev–Trinajstić information content (AvgIpc) is 3.10. The molecule has 0 fully saturated rings. The molecule has 1 aliphatic heterocycles. The van der Waals surface area contributed by atoms with Crippen LogP contribution in [0.2, 0.25) is 0 Å². The zero-order valence-corrected chi connectivity index (χ0v) is 14.4. The first kappa shape index (κ1) is 15.0. The second kappa shape index (κ2) is 6.17. The lowest BCUT2D eigenvalue weighted by atomic mass is 9.98. The standard InChI is InChI=1S/C19H18N4S/c1-13-6-7-15-11-23(9-8-14(15)10-13)18-5-3-4-16(21-18)17-12-24-19(20-2)22-17/h3-7,10,12H,2,8-9,11H2,1H3. The van der Waals surface area contributed by atoms with E-state index in [1.807, 2.05) is 17.5 Å². The summed E-state index contributed by atoms with van der Waals surface area (Å²) in [4.78, 5) is 15.5. The molecule has 0 radical (unpaired) electrons. The highest BCUT2D eigenvalue weighted by Crippen LogP contribution is 2.28. The molecule has 3 aromatic rings. The fraction of sp³-hybridized carbons (Fsp3) is 0.211. The largest absolute Gasteiger partial charge is 0.352 e. The SMILES string of the molecule is C=Nc1nc(-c2cccc(N3CCc4cc(C)ccc4C3)n2)cs1. The van der Waals surface area contributed by atoms with E-state index in [0.717, 1.165) is 36.7 Å². The van der Waals surface area contributed by atoms with Crippen molar-refractivity contribution in [1.29, 1.82) is 0 Å². The predicted molar refractivity (Wildman–Crippen MR) is 100 cm³/mol. The number of pyridine rings is 1. The van der Waals surface area contributed by atoms with Gasteiger partial charge in [0, 0.05) is 18.5 Å². The van der Waals surface area contributed by atoms with Crippen molar-refractivity contribution in [2.45, 2.75) is 19.9 Å². The van der Waals surface area contributed by atoms with Gasteiger partial charge >= 0.3 is 0 Å². The summed E-state index contributed by atoms with van der Waals surface area (Å²) in [5, 5.41) is 2.66. The van der Waals surface area contributed by atoms with Crippen LogP contribution in [0.5, 0.6) is 0 Å². The molecule has 0 N–H and O–H groups in total. The lowest BCUT2D eigenvalue weighted by Crippen LogP contribution is -2.31. The predicted octanol–water partition coefficient (Wildman–Crippen LogP) is 4.41. The van der Waals surface area contributed by atoms with Crippen molar-refractivity contribution in [1.82, 2.24) is 9.97 Å². The quantitative estimate of drug-likeness (QED) is 0.666. The van der Waals surface area contributed by atoms with Gasteiger partial charge in [-0.05, 0) is 43.3 Å². The molecule has 0 saturated carbocycles. The normalized spacial score (nSPS) is 13.6. The smallest absolute Gasteiger partial charge is 0.209 e. The highest BCUT2D eigenvalue weighted by Gasteiger charge is 2.18. The highest BCUT2D eigenvalue weighted by molar-refractivity contribution is 7.13. The molecule has 0 bridgehead atoms. The Balaban J connectivity index is 1.62. The number of nitrogens with zero attached hydrogens (tertiary/aromatic N) is 4. The molecular formula is C19H18N4S. The van der Waals surface area contributed by atoms with Gasteiger partial charge in [-0.2, -0.15) is 0 Å². The third-order valence-electron chi connectivity index (χ3n) is 4.32. The van der Waals surface area contributed by atoms with Gasteiger partial charge in [0.1, 0.15) is 11.5 Å². The topological polar surface area (TPSA) is 41.4 Å². The summed E-state index contributed by atoms with van der Waals surface area (Å²) in [6.45, 7) is 7.57. The Kier molecular flexibility index (Phi) is 3.86. The van der Waals surface area contributed by atoms with Gasteiger partial charge in [0.15, 0.2) is 0 Å². The van der Waals surface area contributed by atoms with Crippen LogP contribution in [-0.2, 0) is 13.0 Å². The maximum absolute atomic E-state index is 4.81. The van der Waals surface area contributed by atoms with Crippen molar-refractivity contribution in [2.24, 2.45) is 4.99 Å². The lowest BCUT2D eigenvalue weighted by Gasteiger charge is -2.30. The summed E-state index contributed by atoms with van der Waals surface area (Å²) in [7, 11) is 0. The van der Waals surface area contributed by atoms with E-state index in [4.69, 9.17) is 4.98 Å². The van der Waals surface area contributed by atoms with Gasteiger partial charge in [-0.1, -0.05) is 29.8 Å². The van der Waals surface area contributed by atoms with Crippen molar-refractivity contribution in [3.05, 3.63) is 58.5 Å². The summed E-state index contributed by atoms with van der Waals surface area (Å²) < 4.78 is 0. The van der Waals surface area contributed by atoms with E-state index in [1.165, 1.54) is 28.0 Å². The molecule has 0 aliphatic carbocycles. The van der Waals surface area contributed by atoms with Gasteiger partial charge in [-0.3, -0.25) is 0 Å². The number of benzene rings is 1. The van der Waals surface area contributed by atoms with Crippen LogP contribution in [-0.4, -0.2) is 23.2 Å².